The van der Waals surface area contributed by atoms with Crippen molar-refractivity contribution in [1.82, 2.24) is 15.2 Å². The molecule has 5 rings (SSSR count). The predicted molar refractivity (Wildman–Crippen MR) is 123 cm³/mol. The molecule has 0 spiro atoms. The molecule has 1 aromatic heterocycles. The smallest absolute Gasteiger partial charge is 0.323 e. The van der Waals surface area contributed by atoms with Crippen LogP contribution >= 0.6 is 15.9 Å². The monoisotopic (exact) mass is 473 g/mol. The number of H-pyrrole nitrogens is 1. The fraction of sp³-hybridized carbons (Fsp3) is 0.625. The second-order valence-corrected chi connectivity index (χ2v) is 10.2. The quantitative estimate of drug-likeness (QED) is 0.647. The number of esters is 1. The molecule has 2 fully saturated rings. The number of halogens is 1. The van der Waals surface area contributed by atoms with Gasteiger partial charge in [0.2, 0.25) is 0 Å². The minimum Gasteiger partial charge on any atom is -0.465 e. The first kappa shape index (κ1) is 20.5. The van der Waals surface area contributed by atoms with E-state index in [-0.39, 0.29) is 12.0 Å². The predicted octanol–water partition coefficient (Wildman–Crippen LogP) is 4.36. The molecule has 0 amide bonds. The van der Waals surface area contributed by atoms with Crippen molar-refractivity contribution in [3.8, 4) is 0 Å². The Morgan fingerprint density at radius 3 is 3.10 bits per heavy atom. The molecule has 30 heavy (non-hydrogen) atoms. The minimum absolute atomic E-state index is 0.0526. The second kappa shape index (κ2) is 8.64. The van der Waals surface area contributed by atoms with Crippen molar-refractivity contribution < 1.29 is 9.53 Å². The molecule has 2 aromatic rings. The maximum absolute atomic E-state index is 12.4. The first-order valence-corrected chi connectivity index (χ1v) is 12.3. The number of ether oxygens (including phenoxy) is 1. The Bertz CT molecular complexity index is 919. The van der Waals surface area contributed by atoms with Gasteiger partial charge >= 0.3 is 5.97 Å². The van der Waals surface area contributed by atoms with Crippen LogP contribution in [0.25, 0.3) is 10.9 Å². The van der Waals surface area contributed by atoms with Gasteiger partial charge in [-0.2, -0.15) is 0 Å². The molecule has 2 saturated heterocycles. The Morgan fingerprint density at radius 2 is 2.20 bits per heavy atom. The number of fused-ring (bicyclic) bond motifs is 2. The average molecular weight is 474 g/mol. The standard InChI is InChI=1S/C24H32BrN3O2/c1-28-14-15(9-11-30-24(29)20-7-3-2-4-10-26-20)12-17-16-6-5-8-19-22(16)18(13-21(17)28)23(25)27-19/h5-6,8,15,17,20-21,26-27H,2-4,7,9-14H2,1H3/t15?,17-,20?,21-/m0/s1. The van der Waals surface area contributed by atoms with Gasteiger partial charge < -0.3 is 19.9 Å². The molecule has 1 aromatic carbocycles. The first-order valence-electron chi connectivity index (χ1n) is 11.5. The lowest BCUT2D eigenvalue weighted by molar-refractivity contribution is -0.146. The normalized spacial score (nSPS) is 29.4. The van der Waals surface area contributed by atoms with Gasteiger partial charge in [-0.05, 0) is 84.7 Å². The topological polar surface area (TPSA) is 57.4 Å². The van der Waals surface area contributed by atoms with Crippen molar-refractivity contribution in [1.29, 1.82) is 0 Å². The van der Waals surface area contributed by atoms with Gasteiger partial charge in [0.25, 0.3) is 0 Å². The average Bonchev–Trinajstić information content (AvgIpc) is 2.92. The zero-order chi connectivity index (χ0) is 20.7. The van der Waals surface area contributed by atoms with Crippen LogP contribution < -0.4 is 5.32 Å². The number of likely N-dealkylation sites (N-methyl/N-ethyl adjacent to an activating group) is 1. The molecule has 6 heteroatoms. The van der Waals surface area contributed by atoms with Crippen molar-refractivity contribution in [3.05, 3.63) is 33.9 Å². The van der Waals surface area contributed by atoms with Crippen LogP contribution in [0.1, 0.15) is 55.6 Å². The van der Waals surface area contributed by atoms with Crippen molar-refractivity contribution in [2.24, 2.45) is 5.92 Å². The number of piperidine rings is 1. The summed E-state index contributed by atoms with van der Waals surface area (Å²) < 4.78 is 6.83. The Morgan fingerprint density at radius 1 is 1.30 bits per heavy atom. The van der Waals surface area contributed by atoms with Crippen LogP contribution in [0.15, 0.2) is 22.8 Å². The molecule has 1 aliphatic carbocycles. The van der Waals surface area contributed by atoms with E-state index in [2.05, 4.69) is 56.4 Å². The van der Waals surface area contributed by atoms with E-state index >= 15 is 0 Å². The van der Waals surface area contributed by atoms with Gasteiger partial charge in [0.1, 0.15) is 6.04 Å². The van der Waals surface area contributed by atoms with Gasteiger partial charge in [-0.1, -0.05) is 25.0 Å². The van der Waals surface area contributed by atoms with E-state index in [1.165, 1.54) is 34.9 Å². The van der Waals surface area contributed by atoms with Crippen LogP contribution in [-0.2, 0) is 16.0 Å². The Kier molecular flexibility index (Phi) is 5.91. The molecule has 162 valence electrons. The Labute approximate surface area is 187 Å². The number of hydrogen-bond donors (Lipinski definition) is 2. The van der Waals surface area contributed by atoms with Gasteiger partial charge in [0.15, 0.2) is 0 Å². The highest BCUT2D eigenvalue weighted by Crippen LogP contribution is 2.46. The zero-order valence-electron chi connectivity index (χ0n) is 17.8. The third-order valence-corrected chi connectivity index (χ3v) is 8.18. The molecule has 2 N–H and O–H groups in total. The van der Waals surface area contributed by atoms with Gasteiger partial charge in [-0.3, -0.25) is 4.79 Å². The summed E-state index contributed by atoms with van der Waals surface area (Å²) in [6.07, 6.45) is 7.61. The summed E-state index contributed by atoms with van der Waals surface area (Å²) in [7, 11) is 2.26. The summed E-state index contributed by atoms with van der Waals surface area (Å²) in [4.78, 5) is 18.5. The number of nitrogens with zero attached hydrogens (tertiary/aromatic N) is 1. The number of carbonyl (C=O) groups is 1. The van der Waals surface area contributed by atoms with Gasteiger partial charge in [-0.25, -0.2) is 0 Å². The van der Waals surface area contributed by atoms with E-state index in [4.69, 9.17) is 4.74 Å². The van der Waals surface area contributed by atoms with Crippen molar-refractivity contribution in [3.63, 3.8) is 0 Å². The largest absolute Gasteiger partial charge is 0.465 e. The van der Waals surface area contributed by atoms with Gasteiger partial charge in [0.05, 0.1) is 11.2 Å². The SMILES string of the molecule is CN1CC(CCOC(=O)C2CCCCCN2)C[C@H]2c3cccc4[nH]c(Br)c(c34)C[C@@H]21. The van der Waals surface area contributed by atoms with Crippen LogP contribution in [0.5, 0.6) is 0 Å². The van der Waals surface area contributed by atoms with E-state index in [9.17, 15) is 4.79 Å². The summed E-state index contributed by atoms with van der Waals surface area (Å²) in [5.41, 5.74) is 4.15. The van der Waals surface area contributed by atoms with E-state index < -0.39 is 0 Å². The van der Waals surface area contributed by atoms with Crippen LogP contribution in [0, 0.1) is 5.92 Å². The lowest BCUT2D eigenvalue weighted by atomic mass is 9.72. The highest BCUT2D eigenvalue weighted by atomic mass is 79.9. The third kappa shape index (κ3) is 3.82. The number of aromatic nitrogens is 1. The van der Waals surface area contributed by atoms with E-state index in [1.54, 1.807) is 0 Å². The summed E-state index contributed by atoms with van der Waals surface area (Å²) in [5, 5.41) is 4.77. The molecular formula is C24H32BrN3O2. The molecule has 0 radical (unpaired) electrons. The number of hydrogen-bond acceptors (Lipinski definition) is 4. The molecule has 5 nitrogen and oxygen atoms in total. The first-order chi connectivity index (χ1) is 14.6. The summed E-state index contributed by atoms with van der Waals surface area (Å²) in [6, 6.07) is 7.12. The highest BCUT2D eigenvalue weighted by Gasteiger charge is 2.40. The molecule has 2 aliphatic heterocycles. The maximum atomic E-state index is 12.4. The summed E-state index contributed by atoms with van der Waals surface area (Å²) >= 11 is 3.74. The number of likely N-dealkylation sites (tertiary alicyclic amines) is 1. The number of aromatic amines is 1. The number of nitrogens with one attached hydrogen (secondary N) is 2. The Balaban J connectivity index is 1.24. The number of benzene rings is 1. The van der Waals surface area contributed by atoms with E-state index in [1.807, 2.05) is 0 Å². The van der Waals surface area contributed by atoms with E-state index in [0.29, 0.717) is 24.5 Å². The van der Waals surface area contributed by atoms with Crippen molar-refractivity contribution >= 4 is 32.8 Å². The van der Waals surface area contributed by atoms with Crippen molar-refractivity contribution in [2.45, 2.75) is 62.9 Å². The molecule has 3 heterocycles. The third-order valence-electron chi connectivity index (χ3n) is 7.50. The van der Waals surface area contributed by atoms with Crippen LogP contribution in [0.3, 0.4) is 0 Å². The van der Waals surface area contributed by atoms with Crippen LogP contribution in [0.2, 0.25) is 0 Å². The minimum atomic E-state index is -0.104. The van der Waals surface area contributed by atoms with Gasteiger partial charge in [0, 0.05) is 29.4 Å². The molecule has 0 saturated carbocycles. The lowest BCUT2D eigenvalue weighted by Gasteiger charge is -2.45. The zero-order valence-corrected chi connectivity index (χ0v) is 19.3. The van der Waals surface area contributed by atoms with Gasteiger partial charge in [-0.15, -0.1) is 0 Å². The molecular weight excluding hydrogens is 442 g/mol. The summed E-state index contributed by atoms with van der Waals surface area (Å²) in [5.74, 6) is 1.06. The fourth-order valence-corrected chi connectivity index (χ4v) is 6.54. The highest BCUT2D eigenvalue weighted by molar-refractivity contribution is 9.10. The second-order valence-electron chi connectivity index (χ2n) is 9.42. The maximum Gasteiger partial charge on any atom is 0.323 e. The summed E-state index contributed by atoms with van der Waals surface area (Å²) in [6.45, 7) is 2.55. The molecule has 2 unspecified atom stereocenters. The fourth-order valence-electron chi connectivity index (χ4n) is 5.96. The lowest BCUT2D eigenvalue weighted by Crippen LogP contribution is -2.48. The van der Waals surface area contributed by atoms with E-state index in [0.717, 1.165) is 49.8 Å². The number of rotatable bonds is 4. The molecule has 4 atom stereocenters. The molecule has 3 aliphatic rings. The Hall–Kier alpha value is -1.37. The molecule has 0 bridgehead atoms. The van der Waals surface area contributed by atoms with Crippen LogP contribution in [-0.4, -0.2) is 54.7 Å². The van der Waals surface area contributed by atoms with Crippen molar-refractivity contribution in [2.75, 3.05) is 26.7 Å². The van der Waals surface area contributed by atoms with Crippen LogP contribution in [0.4, 0.5) is 0 Å². The number of carbonyl (C=O) groups excluding carboxylic acids is 1.